The van der Waals surface area contributed by atoms with Crippen molar-refractivity contribution in [2.24, 2.45) is 0 Å². The summed E-state index contributed by atoms with van der Waals surface area (Å²) in [5, 5.41) is 2.58. The van der Waals surface area contributed by atoms with Crippen LogP contribution in [0.1, 0.15) is 44.0 Å². The van der Waals surface area contributed by atoms with E-state index in [0.29, 0.717) is 48.8 Å². The van der Waals surface area contributed by atoms with Crippen molar-refractivity contribution in [1.82, 2.24) is 10.2 Å². The number of carbonyl (C=O) groups excluding carboxylic acids is 4. The van der Waals surface area contributed by atoms with Crippen LogP contribution in [0.5, 0.6) is 0 Å². The molecule has 2 fully saturated rings. The van der Waals surface area contributed by atoms with Crippen LogP contribution in [0.15, 0.2) is 42.5 Å². The molecule has 2 aromatic carbocycles. The number of benzene rings is 2. The Morgan fingerprint density at radius 3 is 2.46 bits per heavy atom. The maximum Gasteiger partial charge on any atom is 0.414 e. The molecule has 2 heterocycles. The number of carbonyl (C=O) groups is 4. The number of Topliss-reactive ketones (excluding diaryl/α,β-unsaturated/α-hetero) is 1. The summed E-state index contributed by atoms with van der Waals surface area (Å²) in [7, 11) is 0. The standard InChI is InChI=1S/C29H36FN5O6/c1-29(2,3)41-27(38)32-17-22-18-35(28(39)40-22)21-7-8-24(23(30)16-21)33-11-13-34(14-12-33)26(37)10-9-25(36)19-5-4-6-20(31)15-19/h4-8,15-16,22H,9-14,17-18,31H2,1-3H3,(H,32,38)/t22-/m0/s1. The van der Waals surface area contributed by atoms with Crippen molar-refractivity contribution in [2.75, 3.05) is 54.8 Å². The molecule has 3 amide bonds. The number of anilines is 3. The first kappa shape index (κ1) is 29.6. The molecule has 12 heteroatoms. The molecule has 0 saturated carbocycles. The number of nitrogens with two attached hydrogens (primary N) is 1. The molecule has 4 rings (SSSR count). The second-order valence-corrected chi connectivity index (χ2v) is 11.1. The van der Waals surface area contributed by atoms with Crippen molar-refractivity contribution in [2.45, 2.75) is 45.3 Å². The predicted octanol–water partition coefficient (Wildman–Crippen LogP) is 3.57. The Labute approximate surface area is 238 Å². The lowest BCUT2D eigenvalue weighted by Crippen LogP contribution is -2.49. The lowest BCUT2D eigenvalue weighted by Gasteiger charge is -2.36. The summed E-state index contributed by atoms with van der Waals surface area (Å²) in [4.78, 5) is 54.2. The van der Waals surface area contributed by atoms with E-state index in [1.165, 1.54) is 11.0 Å². The van der Waals surface area contributed by atoms with Crippen LogP contribution in [0.25, 0.3) is 0 Å². The molecular formula is C29H36FN5O6. The second kappa shape index (κ2) is 12.4. The van der Waals surface area contributed by atoms with Gasteiger partial charge in [0.25, 0.3) is 0 Å². The Hall–Kier alpha value is -4.35. The fraction of sp³-hybridized carbons (Fsp3) is 0.448. The summed E-state index contributed by atoms with van der Waals surface area (Å²) in [6.07, 6.45) is -1.67. The zero-order valence-corrected chi connectivity index (χ0v) is 23.5. The van der Waals surface area contributed by atoms with Crippen LogP contribution in [0.2, 0.25) is 0 Å². The second-order valence-electron chi connectivity index (χ2n) is 11.1. The van der Waals surface area contributed by atoms with Gasteiger partial charge in [-0.2, -0.15) is 0 Å². The predicted molar refractivity (Wildman–Crippen MR) is 151 cm³/mol. The minimum Gasteiger partial charge on any atom is -0.444 e. The van der Waals surface area contributed by atoms with Crippen LogP contribution in [0, 0.1) is 5.82 Å². The third-order valence-corrected chi connectivity index (χ3v) is 6.74. The number of cyclic esters (lactones) is 1. The minimum absolute atomic E-state index is 0.0652. The average Bonchev–Trinajstić information content (AvgIpc) is 3.30. The molecule has 2 aromatic rings. The van der Waals surface area contributed by atoms with Crippen LogP contribution in [0.4, 0.5) is 31.0 Å². The number of rotatable bonds is 8. The summed E-state index contributed by atoms with van der Waals surface area (Å²) < 4.78 is 25.7. The SMILES string of the molecule is CC(C)(C)OC(=O)NC[C@H]1CN(c2ccc(N3CCN(C(=O)CCC(=O)c4cccc(N)c4)CC3)c(F)c2)C(=O)O1. The van der Waals surface area contributed by atoms with Gasteiger partial charge in [-0.15, -0.1) is 0 Å². The van der Waals surface area contributed by atoms with Gasteiger partial charge in [0.1, 0.15) is 17.5 Å². The van der Waals surface area contributed by atoms with E-state index >= 15 is 4.39 Å². The van der Waals surface area contributed by atoms with Gasteiger partial charge in [-0.05, 0) is 51.1 Å². The molecule has 0 bridgehead atoms. The number of ether oxygens (including phenoxy) is 2. The molecule has 0 aliphatic carbocycles. The molecule has 0 spiro atoms. The lowest BCUT2D eigenvalue weighted by atomic mass is 10.1. The number of nitrogens with zero attached hydrogens (tertiary/aromatic N) is 3. The number of nitrogen functional groups attached to an aromatic ring is 1. The topological polar surface area (TPSA) is 135 Å². The van der Waals surface area contributed by atoms with Crippen LogP contribution in [0.3, 0.4) is 0 Å². The van der Waals surface area contributed by atoms with E-state index in [1.807, 2.05) is 4.90 Å². The Balaban J connectivity index is 1.26. The third kappa shape index (κ3) is 7.86. The molecule has 1 atom stereocenters. The largest absolute Gasteiger partial charge is 0.444 e. The van der Waals surface area contributed by atoms with Gasteiger partial charge >= 0.3 is 12.2 Å². The Morgan fingerprint density at radius 1 is 1.07 bits per heavy atom. The maximum atomic E-state index is 15.2. The number of hydrogen-bond acceptors (Lipinski definition) is 8. The molecular weight excluding hydrogens is 533 g/mol. The van der Waals surface area contributed by atoms with Crippen molar-refractivity contribution in [1.29, 1.82) is 0 Å². The first-order valence-corrected chi connectivity index (χ1v) is 13.6. The Bertz CT molecular complexity index is 1300. The fourth-order valence-electron chi connectivity index (χ4n) is 4.70. The van der Waals surface area contributed by atoms with E-state index in [1.54, 1.807) is 62.1 Å². The molecule has 11 nitrogen and oxygen atoms in total. The zero-order valence-electron chi connectivity index (χ0n) is 23.5. The first-order chi connectivity index (χ1) is 19.4. The number of ketones is 1. The van der Waals surface area contributed by atoms with Crippen molar-refractivity contribution in [3.63, 3.8) is 0 Å². The van der Waals surface area contributed by atoms with E-state index in [9.17, 15) is 19.2 Å². The maximum absolute atomic E-state index is 15.2. The first-order valence-electron chi connectivity index (χ1n) is 13.6. The third-order valence-electron chi connectivity index (χ3n) is 6.74. The fourth-order valence-corrected chi connectivity index (χ4v) is 4.70. The molecule has 220 valence electrons. The van der Waals surface area contributed by atoms with Crippen molar-refractivity contribution >= 4 is 40.9 Å². The zero-order chi connectivity index (χ0) is 29.7. The normalized spacial score (nSPS) is 17.3. The van der Waals surface area contributed by atoms with Gasteiger partial charge in [-0.25, -0.2) is 14.0 Å². The van der Waals surface area contributed by atoms with Crippen molar-refractivity contribution in [3.05, 3.63) is 53.8 Å². The van der Waals surface area contributed by atoms with Crippen LogP contribution >= 0.6 is 0 Å². The van der Waals surface area contributed by atoms with Crippen LogP contribution < -0.4 is 20.9 Å². The van der Waals surface area contributed by atoms with Gasteiger partial charge in [-0.1, -0.05) is 12.1 Å². The highest BCUT2D eigenvalue weighted by Crippen LogP contribution is 2.28. The number of hydrogen-bond donors (Lipinski definition) is 2. The molecule has 3 N–H and O–H groups in total. The number of halogens is 1. The van der Waals surface area contributed by atoms with Crippen molar-refractivity contribution < 1.29 is 33.0 Å². The minimum atomic E-state index is -0.650. The molecule has 2 aliphatic rings. The van der Waals surface area contributed by atoms with Gasteiger partial charge in [0.2, 0.25) is 5.91 Å². The number of piperazine rings is 1. The molecule has 0 aromatic heterocycles. The highest BCUT2D eigenvalue weighted by molar-refractivity contribution is 5.98. The summed E-state index contributed by atoms with van der Waals surface area (Å²) in [5.74, 6) is -0.766. The molecule has 2 aliphatic heterocycles. The van der Waals surface area contributed by atoms with E-state index in [0.717, 1.165) is 0 Å². The van der Waals surface area contributed by atoms with E-state index in [2.05, 4.69) is 5.32 Å². The average molecular weight is 570 g/mol. The van der Waals surface area contributed by atoms with E-state index in [-0.39, 0.29) is 37.6 Å². The quantitative estimate of drug-likeness (QED) is 0.364. The number of alkyl carbamates (subject to hydrolysis) is 1. The number of amides is 3. The van der Waals surface area contributed by atoms with Gasteiger partial charge < -0.3 is 30.3 Å². The van der Waals surface area contributed by atoms with Gasteiger partial charge in [0.05, 0.1) is 24.5 Å². The molecule has 0 radical (unpaired) electrons. The highest BCUT2D eigenvalue weighted by atomic mass is 19.1. The van der Waals surface area contributed by atoms with Gasteiger partial charge in [-0.3, -0.25) is 14.5 Å². The summed E-state index contributed by atoms with van der Waals surface area (Å²) in [5.41, 5.74) is 6.77. The molecule has 2 saturated heterocycles. The summed E-state index contributed by atoms with van der Waals surface area (Å²) in [6.45, 7) is 7.10. The Morgan fingerprint density at radius 2 is 1.80 bits per heavy atom. The summed E-state index contributed by atoms with van der Waals surface area (Å²) in [6, 6.07) is 11.2. The molecule has 41 heavy (non-hydrogen) atoms. The van der Waals surface area contributed by atoms with Crippen molar-refractivity contribution in [3.8, 4) is 0 Å². The van der Waals surface area contributed by atoms with Crippen LogP contribution in [-0.4, -0.2) is 79.8 Å². The summed E-state index contributed by atoms with van der Waals surface area (Å²) >= 11 is 0. The van der Waals surface area contributed by atoms with E-state index in [4.69, 9.17) is 15.2 Å². The van der Waals surface area contributed by atoms with Crippen LogP contribution in [-0.2, 0) is 14.3 Å². The monoisotopic (exact) mass is 569 g/mol. The van der Waals surface area contributed by atoms with E-state index < -0.39 is 29.7 Å². The smallest absolute Gasteiger partial charge is 0.414 e. The highest BCUT2D eigenvalue weighted by Gasteiger charge is 2.34. The number of nitrogens with one attached hydrogen (secondary N) is 1. The lowest BCUT2D eigenvalue weighted by molar-refractivity contribution is -0.131. The Kier molecular flexibility index (Phi) is 8.99. The molecule has 0 unspecified atom stereocenters. The van der Waals surface area contributed by atoms with Gasteiger partial charge in [0, 0.05) is 50.3 Å². The van der Waals surface area contributed by atoms with Gasteiger partial charge in [0.15, 0.2) is 5.78 Å².